The lowest BCUT2D eigenvalue weighted by molar-refractivity contribution is 0.312. The number of nitrogens with one attached hydrogen (secondary N) is 1. The van der Waals surface area contributed by atoms with E-state index in [1.807, 2.05) is 12.3 Å². The molecule has 4 aromatic rings. The van der Waals surface area contributed by atoms with E-state index in [2.05, 4.69) is 53.9 Å². The second kappa shape index (κ2) is 6.17. The first kappa shape index (κ1) is 16.0. The summed E-state index contributed by atoms with van der Waals surface area (Å²) in [5, 5.41) is 2.01. The fraction of sp³-hybridized carbons (Fsp3) is 0.263. The van der Waals surface area contributed by atoms with Gasteiger partial charge in [0.25, 0.3) is 0 Å². The molecule has 0 saturated carbocycles. The van der Waals surface area contributed by atoms with Crippen LogP contribution in [0.5, 0.6) is 0 Å². The van der Waals surface area contributed by atoms with Gasteiger partial charge >= 0.3 is 0 Å². The molecule has 0 atom stereocenters. The Morgan fingerprint density at radius 2 is 1.89 bits per heavy atom. The van der Waals surface area contributed by atoms with Gasteiger partial charge in [0.1, 0.15) is 17.8 Å². The molecular formula is C19H20N8. The van der Waals surface area contributed by atoms with Gasteiger partial charge in [0.2, 0.25) is 5.95 Å². The molecule has 0 bridgehead atoms. The number of aromatic nitrogens is 5. The summed E-state index contributed by atoms with van der Waals surface area (Å²) in [6.45, 7) is 4.00. The summed E-state index contributed by atoms with van der Waals surface area (Å²) < 4.78 is 0. The van der Waals surface area contributed by atoms with Gasteiger partial charge < -0.3 is 20.5 Å². The van der Waals surface area contributed by atoms with Crippen molar-refractivity contribution in [1.82, 2.24) is 29.8 Å². The number of nitrogens with two attached hydrogens (primary N) is 1. The number of likely N-dealkylation sites (N-methyl/N-ethyl adjacent to an activating group) is 1. The summed E-state index contributed by atoms with van der Waals surface area (Å²) in [6.07, 6.45) is 5.35. The molecule has 1 fully saturated rings. The predicted octanol–water partition coefficient (Wildman–Crippen LogP) is 1.90. The highest BCUT2D eigenvalue weighted by atomic mass is 15.3. The second-order valence-corrected chi connectivity index (χ2v) is 6.91. The van der Waals surface area contributed by atoms with E-state index in [-0.39, 0.29) is 5.95 Å². The average molecular weight is 360 g/mol. The number of rotatable bonds is 2. The fourth-order valence-electron chi connectivity index (χ4n) is 3.64. The third kappa shape index (κ3) is 2.74. The van der Waals surface area contributed by atoms with E-state index in [0.29, 0.717) is 0 Å². The van der Waals surface area contributed by atoms with E-state index in [4.69, 9.17) is 5.73 Å². The number of hydrogen-bond donors (Lipinski definition) is 2. The maximum atomic E-state index is 5.69. The van der Waals surface area contributed by atoms with Crippen molar-refractivity contribution in [2.24, 2.45) is 0 Å². The van der Waals surface area contributed by atoms with E-state index in [0.717, 1.165) is 65.1 Å². The number of benzene rings is 1. The van der Waals surface area contributed by atoms with Crippen LogP contribution < -0.4 is 10.6 Å². The molecule has 4 heterocycles. The highest BCUT2D eigenvalue weighted by Crippen LogP contribution is 2.32. The van der Waals surface area contributed by atoms with E-state index in [9.17, 15) is 0 Å². The van der Waals surface area contributed by atoms with Gasteiger partial charge in [-0.15, -0.1) is 0 Å². The summed E-state index contributed by atoms with van der Waals surface area (Å²) in [5.41, 5.74) is 9.49. The number of nitrogen functional groups attached to an aromatic ring is 1. The van der Waals surface area contributed by atoms with Crippen molar-refractivity contribution in [3.8, 4) is 11.1 Å². The van der Waals surface area contributed by atoms with Gasteiger partial charge in [0.05, 0.1) is 5.52 Å². The molecule has 1 saturated heterocycles. The Balaban J connectivity index is 1.63. The van der Waals surface area contributed by atoms with Crippen LogP contribution in [0.2, 0.25) is 0 Å². The van der Waals surface area contributed by atoms with Gasteiger partial charge in [0, 0.05) is 54.9 Å². The van der Waals surface area contributed by atoms with Gasteiger partial charge in [0.15, 0.2) is 0 Å². The van der Waals surface area contributed by atoms with Gasteiger partial charge in [-0.05, 0) is 24.7 Å². The van der Waals surface area contributed by atoms with Crippen LogP contribution in [0.25, 0.3) is 33.1 Å². The summed E-state index contributed by atoms with van der Waals surface area (Å²) in [4.78, 5) is 25.3. The highest BCUT2D eigenvalue weighted by Gasteiger charge is 2.18. The Labute approximate surface area is 156 Å². The van der Waals surface area contributed by atoms with E-state index in [1.165, 1.54) is 0 Å². The van der Waals surface area contributed by atoms with Crippen molar-refractivity contribution >= 4 is 33.7 Å². The van der Waals surface area contributed by atoms with E-state index < -0.39 is 0 Å². The molecule has 1 aliphatic rings. The Bertz CT molecular complexity index is 1130. The van der Waals surface area contributed by atoms with Crippen LogP contribution in [-0.4, -0.2) is 63.0 Å². The number of piperazine rings is 1. The molecule has 5 rings (SSSR count). The Morgan fingerprint density at radius 1 is 1.04 bits per heavy atom. The van der Waals surface area contributed by atoms with Crippen LogP contribution in [0, 0.1) is 0 Å². The molecule has 3 N–H and O–H groups in total. The minimum absolute atomic E-state index is 0.264. The minimum Gasteiger partial charge on any atom is -0.368 e. The molecule has 1 aliphatic heterocycles. The van der Waals surface area contributed by atoms with Gasteiger partial charge in [-0.2, -0.15) is 4.98 Å². The second-order valence-electron chi connectivity index (χ2n) is 6.91. The van der Waals surface area contributed by atoms with Gasteiger partial charge in [-0.25, -0.2) is 15.0 Å². The third-order valence-electron chi connectivity index (χ3n) is 5.18. The number of H-pyrrole nitrogens is 1. The monoisotopic (exact) mass is 360 g/mol. The van der Waals surface area contributed by atoms with Crippen molar-refractivity contribution in [3.63, 3.8) is 0 Å². The van der Waals surface area contributed by atoms with Crippen molar-refractivity contribution in [2.45, 2.75) is 0 Å². The number of aromatic amines is 1. The van der Waals surface area contributed by atoms with Gasteiger partial charge in [-0.1, -0.05) is 6.07 Å². The molecule has 3 aromatic heterocycles. The number of anilines is 2. The van der Waals surface area contributed by atoms with Gasteiger partial charge in [-0.3, -0.25) is 0 Å². The smallest absolute Gasteiger partial charge is 0.221 e. The van der Waals surface area contributed by atoms with Crippen LogP contribution in [0.1, 0.15) is 0 Å². The topological polar surface area (TPSA) is 99.9 Å². The summed E-state index contributed by atoms with van der Waals surface area (Å²) >= 11 is 0. The predicted molar refractivity (Wildman–Crippen MR) is 107 cm³/mol. The summed E-state index contributed by atoms with van der Waals surface area (Å²) in [6, 6.07) is 6.27. The molecular weight excluding hydrogens is 340 g/mol. The minimum atomic E-state index is 0.264. The van der Waals surface area contributed by atoms with E-state index in [1.54, 1.807) is 12.5 Å². The summed E-state index contributed by atoms with van der Waals surface area (Å²) in [7, 11) is 2.15. The number of fused-ring (bicyclic) bond motifs is 2. The lowest BCUT2D eigenvalue weighted by atomic mass is 10.0. The SMILES string of the molecule is CN1CCN(c2ncnc3ccc(-c4c[nH]c5nc(N)ncc45)cc23)CC1. The largest absolute Gasteiger partial charge is 0.368 e. The Hall–Kier alpha value is -3.26. The first-order valence-corrected chi connectivity index (χ1v) is 8.97. The standard InChI is InChI=1S/C19H20N8/c1-26-4-6-27(7-5-26)18-13-8-12(2-3-16(13)23-11-24-18)14-9-21-17-15(14)10-22-19(20)25-17/h2-3,8-11H,4-7H2,1H3,(H3,20,21,22,25). The molecule has 8 heteroatoms. The molecule has 27 heavy (non-hydrogen) atoms. The first-order valence-electron chi connectivity index (χ1n) is 8.97. The average Bonchev–Trinajstić information content (AvgIpc) is 3.11. The van der Waals surface area contributed by atoms with Crippen LogP contribution in [0.3, 0.4) is 0 Å². The van der Waals surface area contributed by atoms with Crippen LogP contribution in [-0.2, 0) is 0 Å². The zero-order chi connectivity index (χ0) is 18.4. The van der Waals surface area contributed by atoms with Crippen molar-refractivity contribution in [3.05, 3.63) is 36.9 Å². The molecule has 0 radical (unpaired) electrons. The Morgan fingerprint density at radius 3 is 2.74 bits per heavy atom. The molecule has 1 aromatic carbocycles. The molecule has 0 aliphatic carbocycles. The molecule has 0 spiro atoms. The highest BCUT2D eigenvalue weighted by molar-refractivity contribution is 5.98. The molecule has 0 amide bonds. The normalized spacial score (nSPS) is 15.7. The number of hydrogen-bond acceptors (Lipinski definition) is 7. The Kier molecular flexibility index (Phi) is 3.64. The first-order chi connectivity index (χ1) is 13.2. The van der Waals surface area contributed by atoms with Crippen molar-refractivity contribution < 1.29 is 0 Å². The molecule has 8 nitrogen and oxygen atoms in total. The van der Waals surface area contributed by atoms with Crippen LogP contribution in [0.15, 0.2) is 36.9 Å². The quantitative estimate of drug-likeness (QED) is 0.563. The van der Waals surface area contributed by atoms with Crippen molar-refractivity contribution in [2.75, 3.05) is 43.9 Å². The van der Waals surface area contributed by atoms with Crippen molar-refractivity contribution in [1.29, 1.82) is 0 Å². The summed E-state index contributed by atoms with van der Waals surface area (Å²) in [5.74, 6) is 1.26. The fourth-order valence-corrected chi connectivity index (χ4v) is 3.64. The third-order valence-corrected chi connectivity index (χ3v) is 5.18. The zero-order valence-electron chi connectivity index (χ0n) is 15.1. The zero-order valence-corrected chi connectivity index (χ0v) is 15.1. The maximum absolute atomic E-state index is 5.69. The molecule has 0 unspecified atom stereocenters. The van der Waals surface area contributed by atoms with Crippen LogP contribution >= 0.6 is 0 Å². The molecule has 136 valence electrons. The lowest BCUT2D eigenvalue weighted by Gasteiger charge is -2.33. The van der Waals surface area contributed by atoms with E-state index >= 15 is 0 Å². The van der Waals surface area contributed by atoms with Crippen LogP contribution in [0.4, 0.5) is 11.8 Å². The lowest BCUT2D eigenvalue weighted by Crippen LogP contribution is -2.44. The maximum Gasteiger partial charge on any atom is 0.221 e. The number of nitrogens with zero attached hydrogens (tertiary/aromatic N) is 6.